The van der Waals surface area contributed by atoms with Crippen LogP contribution in [0.25, 0.3) is 0 Å². The lowest BCUT2D eigenvalue weighted by Crippen LogP contribution is -2.11. The van der Waals surface area contributed by atoms with Crippen LogP contribution in [0.15, 0.2) is 85.0 Å². The van der Waals surface area contributed by atoms with Gasteiger partial charge >= 0.3 is 0 Å². The van der Waals surface area contributed by atoms with Crippen molar-refractivity contribution in [3.8, 4) is 24.7 Å². The van der Waals surface area contributed by atoms with Gasteiger partial charge in [0.1, 0.15) is 0 Å². The van der Waals surface area contributed by atoms with Crippen LogP contribution in [0.3, 0.4) is 0 Å². The fourth-order valence-electron chi connectivity index (χ4n) is 2.59. The minimum atomic E-state index is 0.130. The summed E-state index contributed by atoms with van der Waals surface area (Å²) < 4.78 is 6.02. The van der Waals surface area contributed by atoms with E-state index in [0.717, 1.165) is 0 Å². The van der Waals surface area contributed by atoms with Crippen molar-refractivity contribution in [2.75, 3.05) is 13.2 Å². The molecule has 0 aliphatic heterocycles. The van der Waals surface area contributed by atoms with Crippen LogP contribution in [-0.4, -0.2) is 13.2 Å². The summed E-state index contributed by atoms with van der Waals surface area (Å²) in [4.78, 5) is 0. The minimum Gasteiger partial charge on any atom is -0.380 e. The molecular formula is C24H22O. The molecule has 2 unspecified atom stereocenters. The number of hydrogen-bond acceptors (Lipinski definition) is 1. The fraction of sp³-hybridized carbons (Fsp3) is 0.167. The molecule has 0 aliphatic carbocycles. The van der Waals surface area contributed by atoms with Crippen LogP contribution in [0.4, 0.5) is 0 Å². The normalized spacial score (nSPS) is 13.4. The van der Waals surface area contributed by atoms with Crippen molar-refractivity contribution in [3.05, 3.63) is 96.1 Å². The molecule has 25 heavy (non-hydrogen) atoms. The number of rotatable bonds is 8. The zero-order valence-electron chi connectivity index (χ0n) is 14.2. The van der Waals surface area contributed by atoms with Crippen molar-refractivity contribution in [2.24, 2.45) is 0 Å². The Bertz CT molecular complexity index is 690. The predicted molar refractivity (Wildman–Crippen MR) is 105 cm³/mol. The Labute approximate surface area is 151 Å². The number of benzene rings is 2. The van der Waals surface area contributed by atoms with E-state index in [2.05, 4.69) is 36.1 Å². The minimum absolute atomic E-state index is 0.130. The second-order valence-electron chi connectivity index (χ2n) is 5.62. The molecule has 124 valence electrons. The summed E-state index contributed by atoms with van der Waals surface area (Å²) in [6.07, 6.45) is 18.2. The molecule has 1 heteroatoms. The topological polar surface area (TPSA) is 9.23 Å². The highest BCUT2D eigenvalue weighted by Gasteiger charge is 2.11. The van der Waals surface area contributed by atoms with Gasteiger partial charge in [0, 0.05) is 11.8 Å². The largest absolute Gasteiger partial charge is 0.380 e. The molecule has 2 aromatic rings. The fourth-order valence-corrected chi connectivity index (χ4v) is 2.59. The SMILES string of the molecule is C#CC=CC(COCC(C=CC#C)c1ccccc1)c1ccccc1. The Balaban J connectivity index is 2.03. The zero-order chi connectivity index (χ0) is 17.7. The lowest BCUT2D eigenvalue weighted by molar-refractivity contribution is 0.123. The number of hydrogen-bond donors (Lipinski definition) is 0. The van der Waals surface area contributed by atoms with Gasteiger partial charge in [-0.25, -0.2) is 0 Å². The van der Waals surface area contributed by atoms with E-state index in [1.165, 1.54) is 11.1 Å². The first-order valence-electron chi connectivity index (χ1n) is 8.28. The van der Waals surface area contributed by atoms with Gasteiger partial charge < -0.3 is 4.74 Å². The average molecular weight is 326 g/mol. The lowest BCUT2D eigenvalue weighted by atomic mass is 9.98. The van der Waals surface area contributed by atoms with Crippen molar-refractivity contribution in [3.63, 3.8) is 0 Å². The van der Waals surface area contributed by atoms with Crippen molar-refractivity contribution in [1.82, 2.24) is 0 Å². The molecule has 0 fully saturated rings. The van der Waals surface area contributed by atoms with Crippen molar-refractivity contribution in [1.29, 1.82) is 0 Å². The highest BCUT2D eigenvalue weighted by atomic mass is 16.5. The van der Waals surface area contributed by atoms with Crippen LogP contribution in [0.1, 0.15) is 23.0 Å². The van der Waals surface area contributed by atoms with E-state index in [1.54, 1.807) is 12.2 Å². The zero-order valence-corrected chi connectivity index (χ0v) is 14.2. The molecule has 0 amide bonds. The van der Waals surface area contributed by atoms with Gasteiger partial charge in [-0.2, -0.15) is 0 Å². The van der Waals surface area contributed by atoms with E-state index < -0.39 is 0 Å². The summed E-state index contributed by atoms with van der Waals surface area (Å²) in [5.41, 5.74) is 2.37. The molecule has 0 N–H and O–H groups in total. The maximum Gasteiger partial charge on any atom is 0.0570 e. The summed E-state index contributed by atoms with van der Waals surface area (Å²) in [5.74, 6) is 5.36. The summed E-state index contributed by atoms with van der Waals surface area (Å²) in [6.45, 7) is 1.13. The quantitative estimate of drug-likeness (QED) is 0.624. The van der Waals surface area contributed by atoms with Crippen molar-refractivity contribution in [2.45, 2.75) is 11.8 Å². The van der Waals surface area contributed by atoms with Crippen LogP contribution in [0.5, 0.6) is 0 Å². The molecule has 0 saturated heterocycles. The Morgan fingerprint density at radius 3 is 1.48 bits per heavy atom. The third kappa shape index (κ3) is 6.19. The Kier molecular flexibility index (Phi) is 7.86. The highest BCUT2D eigenvalue weighted by molar-refractivity contribution is 5.27. The van der Waals surface area contributed by atoms with Crippen LogP contribution < -0.4 is 0 Å². The molecule has 0 heterocycles. The first kappa shape index (κ1) is 18.3. The molecule has 0 spiro atoms. The van der Waals surface area contributed by atoms with Gasteiger partial charge in [0.15, 0.2) is 0 Å². The molecule has 2 rings (SSSR count). The highest BCUT2D eigenvalue weighted by Crippen LogP contribution is 2.21. The van der Waals surface area contributed by atoms with Gasteiger partial charge in [0.25, 0.3) is 0 Å². The van der Waals surface area contributed by atoms with Crippen molar-refractivity contribution >= 4 is 0 Å². The number of allylic oxidation sites excluding steroid dienone is 2. The van der Waals surface area contributed by atoms with E-state index in [4.69, 9.17) is 17.6 Å². The van der Waals surface area contributed by atoms with Gasteiger partial charge in [-0.05, 0) is 23.3 Å². The third-order valence-corrected chi connectivity index (χ3v) is 3.90. The Morgan fingerprint density at radius 1 is 0.720 bits per heavy atom. The Morgan fingerprint density at radius 2 is 1.12 bits per heavy atom. The number of ether oxygens (including phenoxy) is 1. The molecule has 0 bridgehead atoms. The second-order valence-corrected chi connectivity index (χ2v) is 5.62. The predicted octanol–water partition coefficient (Wildman–Crippen LogP) is 4.95. The molecular weight excluding hydrogens is 304 g/mol. The first-order chi connectivity index (χ1) is 12.3. The second kappa shape index (κ2) is 10.7. The smallest absolute Gasteiger partial charge is 0.0570 e. The maximum atomic E-state index is 6.02. The third-order valence-electron chi connectivity index (χ3n) is 3.90. The maximum absolute atomic E-state index is 6.02. The van der Waals surface area contributed by atoms with Crippen LogP contribution >= 0.6 is 0 Å². The van der Waals surface area contributed by atoms with E-state index >= 15 is 0 Å². The summed E-state index contributed by atoms with van der Waals surface area (Å²) >= 11 is 0. The molecule has 0 radical (unpaired) electrons. The average Bonchev–Trinajstić information content (AvgIpc) is 2.68. The molecule has 0 aliphatic rings. The van der Waals surface area contributed by atoms with E-state index in [9.17, 15) is 0 Å². The summed E-state index contributed by atoms with van der Waals surface area (Å²) in [6, 6.07) is 20.4. The van der Waals surface area contributed by atoms with Gasteiger partial charge in [-0.15, -0.1) is 12.8 Å². The van der Waals surface area contributed by atoms with Gasteiger partial charge in [-0.1, -0.05) is 84.7 Å². The first-order valence-corrected chi connectivity index (χ1v) is 8.28. The molecule has 2 aromatic carbocycles. The monoisotopic (exact) mass is 326 g/mol. The molecule has 0 saturated carbocycles. The summed E-state index contributed by atoms with van der Waals surface area (Å²) in [5, 5.41) is 0. The lowest BCUT2D eigenvalue weighted by Gasteiger charge is -2.17. The Hall–Kier alpha value is -3.00. The van der Waals surface area contributed by atoms with Crippen LogP contribution in [0.2, 0.25) is 0 Å². The number of terminal acetylenes is 2. The van der Waals surface area contributed by atoms with Gasteiger partial charge in [0.2, 0.25) is 0 Å². The van der Waals surface area contributed by atoms with Crippen molar-refractivity contribution < 1.29 is 4.74 Å². The van der Waals surface area contributed by atoms with E-state index in [-0.39, 0.29) is 11.8 Å². The van der Waals surface area contributed by atoms with Crippen LogP contribution in [-0.2, 0) is 4.74 Å². The van der Waals surface area contributed by atoms with Gasteiger partial charge in [-0.3, -0.25) is 0 Å². The van der Waals surface area contributed by atoms with Gasteiger partial charge in [0.05, 0.1) is 13.2 Å². The molecule has 1 nitrogen and oxygen atoms in total. The van der Waals surface area contributed by atoms with Crippen LogP contribution in [0, 0.1) is 24.7 Å². The summed E-state index contributed by atoms with van der Waals surface area (Å²) in [7, 11) is 0. The van der Waals surface area contributed by atoms with E-state index in [0.29, 0.717) is 13.2 Å². The standard InChI is InChI=1S/C24H22O/c1-3-5-13-23(21-15-9-7-10-16-21)19-25-20-24(14-6-4-2)22-17-11-8-12-18-22/h1-2,5-18,23-24H,19-20H2. The molecule has 0 aromatic heterocycles. The van der Waals surface area contributed by atoms with E-state index in [1.807, 2.05) is 48.6 Å². The molecule has 2 atom stereocenters.